The fourth-order valence-electron chi connectivity index (χ4n) is 3.23. The van der Waals surface area contributed by atoms with E-state index in [1.54, 1.807) is 0 Å². The number of hydrogen-bond acceptors (Lipinski definition) is 2. The summed E-state index contributed by atoms with van der Waals surface area (Å²) in [5, 5.41) is 1.19. The minimum absolute atomic E-state index is 0.220. The number of benzene rings is 2. The second kappa shape index (κ2) is 5.51. The lowest BCUT2D eigenvalue weighted by atomic mass is 10.0. The fourth-order valence-corrected chi connectivity index (χ4v) is 3.23. The van der Waals surface area contributed by atoms with Gasteiger partial charge in [0.25, 0.3) is 0 Å². The molecule has 0 N–H and O–H groups in total. The maximum Gasteiger partial charge on any atom is 0.227 e. The number of carbonyl (C=O) groups excluding carboxylic acids is 1. The Balaban J connectivity index is 1.72. The molecule has 3 nitrogen and oxygen atoms in total. The topological polar surface area (TPSA) is 33.2 Å². The van der Waals surface area contributed by atoms with E-state index in [1.807, 2.05) is 35.2 Å². The van der Waals surface area contributed by atoms with Crippen LogP contribution in [0.5, 0.6) is 0 Å². The Morgan fingerprint density at radius 3 is 2.57 bits per heavy atom. The molecule has 0 unspecified atom stereocenters. The number of pyridine rings is 1. The average Bonchev–Trinajstić information content (AvgIpc) is 3.01. The van der Waals surface area contributed by atoms with Crippen molar-refractivity contribution in [2.75, 3.05) is 11.4 Å². The van der Waals surface area contributed by atoms with Gasteiger partial charge in [-0.2, -0.15) is 0 Å². The number of rotatable bonds is 2. The van der Waals surface area contributed by atoms with Crippen molar-refractivity contribution in [3.8, 4) is 11.3 Å². The second-order valence-electron chi connectivity index (χ2n) is 6.04. The van der Waals surface area contributed by atoms with Gasteiger partial charge in [-0.05, 0) is 43.2 Å². The van der Waals surface area contributed by atoms with Crippen LogP contribution >= 0.6 is 0 Å². The molecule has 1 aromatic heterocycles. The number of para-hydroxylation sites is 1. The molecule has 0 saturated carbocycles. The highest BCUT2D eigenvalue weighted by molar-refractivity contribution is 5.95. The predicted octanol–water partition coefficient (Wildman–Crippen LogP) is 4.34. The number of anilines is 1. The number of amides is 1. The zero-order chi connectivity index (χ0) is 15.8. The van der Waals surface area contributed by atoms with Gasteiger partial charge in [-0.15, -0.1) is 0 Å². The van der Waals surface area contributed by atoms with Crippen LogP contribution in [0.15, 0.2) is 54.6 Å². The SMILES string of the molecule is Cc1cc(-c2ccc(N3CCCC3=O)cc2)nc2ccccc12. The molecule has 0 radical (unpaired) electrons. The largest absolute Gasteiger partial charge is 0.312 e. The molecule has 1 amide bonds. The lowest BCUT2D eigenvalue weighted by molar-refractivity contribution is -0.117. The van der Waals surface area contributed by atoms with Gasteiger partial charge >= 0.3 is 0 Å². The van der Waals surface area contributed by atoms with Gasteiger partial charge in [0.2, 0.25) is 5.91 Å². The van der Waals surface area contributed by atoms with E-state index >= 15 is 0 Å². The summed E-state index contributed by atoms with van der Waals surface area (Å²) < 4.78 is 0. The van der Waals surface area contributed by atoms with Crippen molar-refractivity contribution in [2.45, 2.75) is 19.8 Å². The Hall–Kier alpha value is -2.68. The van der Waals surface area contributed by atoms with Crippen molar-refractivity contribution in [1.82, 2.24) is 4.98 Å². The van der Waals surface area contributed by atoms with E-state index in [0.29, 0.717) is 6.42 Å². The van der Waals surface area contributed by atoms with Crippen molar-refractivity contribution < 1.29 is 4.79 Å². The van der Waals surface area contributed by atoms with E-state index in [-0.39, 0.29) is 5.91 Å². The third kappa shape index (κ3) is 2.48. The van der Waals surface area contributed by atoms with Gasteiger partial charge in [0.1, 0.15) is 0 Å². The Bertz CT molecular complexity index is 884. The third-order valence-corrected chi connectivity index (χ3v) is 4.47. The minimum Gasteiger partial charge on any atom is -0.312 e. The van der Waals surface area contributed by atoms with Crippen molar-refractivity contribution in [3.05, 3.63) is 60.2 Å². The van der Waals surface area contributed by atoms with Crippen LogP contribution in [-0.4, -0.2) is 17.4 Å². The van der Waals surface area contributed by atoms with Gasteiger partial charge in [-0.25, -0.2) is 4.98 Å². The van der Waals surface area contributed by atoms with Crippen LogP contribution in [0.3, 0.4) is 0 Å². The Labute approximate surface area is 135 Å². The molecule has 3 aromatic rings. The van der Waals surface area contributed by atoms with Gasteiger partial charge < -0.3 is 4.90 Å². The Kier molecular flexibility index (Phi) is 3.34. The van der Waals surface area contributed by atoms with Gasteiger partial charge in [-0.1, -0.05) is 30.3 Å². The molecule has 0 bridgehead atoms. The number of carbonyl (C=O) groups is 1. The fraction of sp³-hybridized carbons (Fsp3) is 0.200. The van der Waals surface area contributed by atoms with Gasteiger partial charge in [-0.3, -0.25) is 4.79 Å². The number of hydrogen-bond donors (Lipinski definition) is 0. The molecule has 2 aromatic carbocycles. The highest BCUT2D eigenvalue weighted by Crippen LogP contribution is 2.27. The molecule has 0 atom stereocenters. The molecule has 114 valence electrons. The van der Waals surface area contributed by atoms with Gasteiger partial charge in [0, 0.05) is 29.6 Å². The Morgan fingerprint density at radius 1 is 1.04 bits per heavy atom. The number of aryl methyl sites for hydroxylation is 1. The van der Waals surface area contributed by atoms with Crippen molar-refractivity contribution in [3.63, 3.8) is 0 Å². The van der Waals surface area contributed by atoms with Crippen molar-refractivity contribution in [2.24, 2.45) is 0 Å². The molecule has 2 heterocycles. The van der Waals surface area contributed by atoms with Gasteiger partial charge in [0.15, 0.2) is 0 Å². The summed E-state index contributed by atoms with van der Waals surface area (Å²) in [6, 6.07) is 18.5. The number of aromatic nitrogens is 1. The lowest BCUT2D eigenvalue weighted by Crippen LogP contribution is -2.23. The van der Waals surface area contributed by atoms with Crippen LogP contribution in [0.4, 0.5) is 5.69 Å². The molecule has 4 rings (SSSR count). The molecule has 23 heavy (non-hydrogen) atoms. The molecule has 1 aliphatic rings. The first-order chi connectivity index (χ1) is 11.2. The molecular formula is C20H18N2O. The summed E-state index contributed by atoms with van der Waals surface area (Å²) in [5.74, 6) is 0.220. The van der Waals surface area contributed by atoms with Crippen LogP contribution < -0.4 is 4.90 Å². The summed E-state index contributed by atoms with van der Waals surface area (Å²) in [4.78, 5) is 18.5. The highest BCUT2D eigenvalue weighted by Gasteiger charge is 2.21. The van der Waals surface area contributed by atoms with E-state index in [2.05, 4.69) is 31.2 Å². The standard InChI is InChI=1S/C20H18N2O/c1-14-13-19(21-18-6-3-2-5-17(14)18)15-8-10-16(11-9-15)22-12-4-7-20(22)23/h2-3,5-6,8-11,13H,4,7,12H2,1H3. The van der Waals surface area contributed by atoms with E-state index in [4.69, 9.17) is 4.98 Å². The summed E-state index contributed by atoms with van der Waals surface area (Å²) in [5.41, 5.74) is 5.27. The molecule has 1 fully saturated rings. The molecular weight excluding hydrogens is 284 g/mol. The van der Waals surface area contributed by atoms with Crippen molar-refractivity contribution in [1.29, 1.82) is 0 Å². The predicted molar refractivity (Wildman–Crippen MR) is 93.5 cm³/mol. The summed E-state index contributed by atoms with van der Waals surface area (Å²) in [7, 11) is 0. The summed E-state index contributed by atoms with van der Waals surface area (Å²) in [6.07, 6.45) is 1.61. The second-order valence-corrected chi connectivity index (χ2v) is 6.04. The van der Waals surface area contributed by atoms with Crippen LogP contribution in [0.25, 0.3) is 22.2 Å². The average molecular weight is 302 g/mol. The molecule has 0 spiro atoms. The Morgan fingerprint density at radius 2 is 1.83 bits per heavy atom. The molecule has 3 heteroatoms. The summed E-state index contributed by atoms with van der Waals surface area (Å²) >= 11 is 0. The van der Waals surface area contributed by atoms with E-state index in [9.17, 15) is 4.79 Å². The lowest BCUT2D eigenvalue weighted by Gasteiger charge is -2.16. The van der Waals surface area contributed by atoms with Crippen LogP contribution in [0.2, 0.25) is 0 Å². The van der Waals surface area contributed by atoms with Gasteiger partial charge in [0.05, 0.1) is 11.2 Å². The van der Waals surface area contributed by atoms with E-state index in [1.165, 1.54) is 10.9 Å². The smallest absolute Gasteiger partial charge is 0.227 e. The highest BCUT2D eigenvalue weighted by atomic mass is 16.2. The first-order valence-corrected chi connectivity index (χ1v) is 7.99. The van der Waals surface area contributed by atoms with E-state index < -0.39 is 0 Å². The van der Waals surface area contributed by atoms with E-state index in [0.717, 1.165) is 35.4 Å². The zero-order valence-corrected chi connectivity index (χ0v) is 13.1. The number of fused-ring (bicyclic) bond motifs is 1. The molecule has 1 aliphatic heterocycles. The first kappa shape index (κ1) is 13.9. The minimum atomic E-state index is 0.220. The monoisotopic (exact) mass is 302 g/mol. The molecule has 0 aliphatic carbocycles. The van der Waals surface area contributed by atoms with Crippen LogP contribution in [0, 0.1) is 6.92 Å². The maximum absolute atomic E-state index is 11.8. The molecule has 1 saturated heterocycles. The van der Waals surface area contributed by atoms with Crippen LogP contribution in [0.1, 0.15) is 18.4 Å². The normalized spacial score (nSPS) is 14.7. The van der Waals surface area contributed by atoms with Crippen molar-refractivity contribution >= 4 is 22.5 Å². The number of nitrogens with zero attached hydrogens (tertiary/aromatic N) is 2. The third-order valence-electron chi connectivity index (χ3n) is 4.47. The quantitative estimate of drug-likeness (QED) is 0.705. The first-order valence-electron chi connectivity index (χ1n) is 7.99. The maximum atomic E-state index is 11.8. The summed E-state index contributed by atoms with van der Waals surface area (Å²) in [6.45, 7) is 2.94. The zero-order valence-electron chi connectivity index (χ0n) is 13.1. The van der Waals surface area contributed by atoms with Crippen LogP contribution in [-0.2, 0) is 4.79 Å².